The number of ether oxygens (including phenoxy) is 1. The van der Waals surface area contributed by atoms with Crippen LogP contribution in [0.1, 0.15) is 47.0 Å². The van der Waals surface area contributed by atoms with E-state index in [0.717, 1.165) is 12.8 Å². The van der Waals surface area contributed by atoms with Crippen LogP contribution in [0.4, 0.5) is 0 Å². The third-order valence-electron chi connectivity index (χ3n) is 3.55. The molecule has 3 atom stereocenters. The summed E-state index contributed by atoms with van der Waals surface area (Å²) < 4.78 is 5.90. The highest BCUT2D eigenvalue weighted by molar-refractivity contribution is 5.81. The summed E-state index contributed by atoms with van der Waals surface area (Å²) in [6.45, 7) is 9.32. The molecule has 4 nitrogen and oxygen atoms in total. The lowest BCUT2D eigenvalue weighted by atomic mass is 9.71. The number of oxime groups is 1. The highest BCUT2D eigenvalue weighted by Gasteiger charge is 2.32. The summed E-state index contributed by atoms with van der Waals surface area (Å²) in [5.41, 5.74) is 5.90. The normalized spacial score (nSPS) is 31.2. The quantitative estimate of drug-likeness (QED) is 0.344. The molecule has 1 aliphatic rings. The molecule has 100 valence electrons. The molecular weight excluding hydrogens is 216 g/mol. The molecule has 0 radical (unpaired) electrons. The fraction of sp³-hybridized carbons (Fsp3) is 0.923. The molecule has 0 spiro atoms. The fourth-order valence-corrected chi connectivity index (χ4v) is 2.85. The highest BCUT2D eigenvalue weighted by atomic mass is 16.5. The topological polar surface area (TPSA) is 67.8 Å². The van der Waals surface area contributed by atoms with E-state index in [0.29, 0.717) is 24.0 Å². The number of nitrogens with two attached hydrogens (primary N) is 1. The summed E-state index contributed by atoms with van der Waals surface area (Å²) in [5.74, 6) is 0.927. The highest BCUT2D eigenvalue weighted by Crippen LogP contribution is 2.39. The number of amidine groups is 1. The Morgan fingerprint density at radius 2 is 2.18 bits per heavy atom. The van der Waals surface area contributed by atoms with E-state index in [2.05, 4.69) is 25.9 Å². The number of nitrogens with zero attached hydrogens (tertiary/aromatic N) is 1. The summed E-state index contributed by atoms with van der Waals surface area (Å²) in [5, 5.41) is 11.6. The molecule has 4 heteroatoms. The Balaban J connectivity index is 2.41. The zero-order valence-electron chi connectivity index (χ0n) is 11.4. The smallest absolute Gasteiger partial charge is 0.144 e. The van der Waals surface area contributed by atoms with E-state index in [9.17, 15) is 0 Å². The third-order valence-corrected chi connectivity index (χ3v) is 3.55. The van der Waals surface area contributed by atoms with Crippen molar-refractivity contribution >= 4 is 5.84 Å². The molecule has 0 saturated heterocycles. The first-order valence-corrected chi connectivity index (χ1v) is 6.43. The minimum absolute atomic E-state index is 0.0275. The maximum atomic E-state index is 8.57. The van der Waals surface area contributed by atoms with Gasteiger partial charge in [0.05, 0.1) is 12.7 Å². The van der Waals surface area contributed by atoms with Gasteiger partial charge in [-0.25, -0.2) is 0 Å². The van der Waals surface area contributed by atoms with Crippen LogP contribution in [0, 0.1) is 17.3 Å². The van der Waals surface area contributed by atoms with Gasteiger partial charge in [0.25, 0.3) is 0 Å². The van der Waals surface area contributed by atoms with Crippen LogP contribution in [-0.4, -0.2) is 23.8 Å². The minimum Gasteiger partial charge on any atom is -0.409 e. The SMILES string of the molecule is CC1CC(OCC(C)/C(N)=N/O)CC(C)(C)C1. The molecule has 0 aromatic rings. The molecule has 0 amide bonds. The largest absolute Gasteiger partial charge is 0.409 e. The maximum Gasteiger partial charge on any atom is 0.144 e. The standard InChI is InChI=1S/C13H26N2O2/c1-9-5-11(7-13(3,4)6-9)17-8-10(2)12(14)15-16/h9-11,16H,5-8H2,1-4H3,(H2,14,15). The van der Waals surface area contributed by atoms with Gasteiger partial charge in [0, 0.05) is 5.92 Å². The van der Waals surface area contributed by atoms with Crippen LogP contribution in [0.2, 0.25) is 0 Å². The molecule has 3 N–H and O–H groups in total. The van der Waals surface area contributed by atoms with Gasteiger partial charge in [0.2, 0.25) is 0 Å². The second-order valence-electron chi connectivity index (χ2n) is 6.29. The molecule has 0 aliphatic heterocycles. The molecule has 0 aromatic carbocycles. The maximum absolute atomic E-state index is 8.57. The van der Waals surface area contributed by atoms with E-state index in [1.807, 2.05) is 6.92 Å². The summed E-state index contributed by atoms with van der Waals surface area (Å²) in [6.07, 6.45) is 3.79. The van der Waals surface area contributed by atoms with Crippen LogP contribution < -0.4 is 5.73 Å². The number of hydrogen-bond acceptors (Lipinski definition) is 3. The van der Waals surface area contributed by atoms with Gasteiger partial charge < -0.3 is 15.7 Å². The van der Waals surface area contributed by atoms with Crippen molar-refractivity contribution in [2.75, 3.05) is 6.61 Å². The van der Waals surface area contributed by atoms with E-state index in [4.69, 9.17) is 15.7 Å². The Morgan fingerprint density at radius 3 is 2.71 bits per heavy atom. The van der Waals surface area contributed by atoms with Crippen molar-refractivity contribution in [1.82, 2.24) is 0 Å². The van der Waals surface area contributed by atoms with Crippen molar-refractivity contribution in [3.8, 4) is 0 Å². The predicted octanol–water partition coefficient (Wildman–Crippen LogP) is 2.60. The van der Waals surface area contributed by atoms with Gasteiger partial charge in [-0.15, -0.1) is 0 Å². The lowest BCUT2D eigenvalue weighted by molar-refractivity contribution is -0.0283. The van der Waals surface area contributed by atoms with Crippen LogP contribution in [0.15, 0.2) is 5.16 Å². The van der Waals surface area contributed by atoms with Crippen molar-refractivity contribution in [2.24, 2.45) is 28.1 Å². The fourth-order valence-electron chi connectivity index (χ4n) is 2.85. The van der Waals surface area contributed by atoms with Crippen LogP contribution in [0.5, 0.6) is 0 Å². The first-order chi connectivity index (χ1) is 7.84. The van der Waals surface area contributed by atoms with E-state index < -0.39 is 0 Å². The molecule has 17 heavy (non-hydrogen) atoms. The van der Waals surface area contributed by atoms with Crippen LogP contribution >= 0.6 is 0 Å². The van der Waals surface area contributed by atoms with Gasteiger partial charge in [-0.05, 0) is 30.6 Å². The second-order valence-corrected chi connectivity index (χ2v) is 6.29. The Hall–Kier alpha value is -0.770. The van der Waals surface area contributed by atoms with Gasteiger partial charge in [-0.1, -0.05) is 32.9 Å². The number of hydrogen-bond donors (Lipinski definition) is 2. The van der Waals surface area contributed by atoms with Crippen molar-refractivity contribution in [1.29, 1.82) is 0 Å². The zero-order valence-corrected chi connectivity index (χ0v) is 11.4. The molecule has 1 fully saturated rings. The van der Waals surface area contributed by atoms with Gasteiger partial charge in [0.1, 0.15) is 5.84 Å². The molecule has 0 aromatic heterocycles. The van der Waals surface area contributed by atoms with Crippen molar-refractivity contribution < 1.29 is 9.94 Å². The average molecular weight is 242 g/mol. The molecule has 1 rings (SSSR count). The Morgan fingerprint density at radius 1 is 1.53 bits per heavy atom. The zero-order chi connectivity index (χ0) is 13.1. The molecular formula is C13H26N2O2. The Labute approximate surface area is 104 Å². The monoisotopic (exact) mass is 242 g/mol. The van der Waals surface area contributed by atoms with Gasteiger partial charge >= 0.3 is 0 Å². The van der Waals surface area contributed by atoms with Gasteiger partial charge in [-0.3, -0.25) is 0 Å². The third kappa shape index (κ3) is 4.54. The van der Waals surface area contributed by atoms with E-state index in [1.54, 1.807) is 0 Å². The Kier molecular flexibility index (Phi) is 4.80. The molecule has 1 saturated carbocycles. The van der Waals surface area contributed by atoms with Gasteiger partial charge in [-0.2, -0.15) is 0 Å². The summed E-state index contributed by atoms with van der Waals surface area (Å²) in [7, 11) is 0. The Bertz CT molecular complexity index is 277. The van der Waals surface area contributed by atoms with Crippen LogP contribution in [0.25, 0.3) is 0 Å². The van der Waals surface area contributed by atoms with Crippen molar-refractivity contribution in [3.63, 3.8) is 0 Å². The minimum atomic E-state index is -0.0275. The molecule has 1 aliphatic carbocycles. The first-order valence-electron chi connectivity index (χ1n) is 6.43. The first kappa shape index (κ1) is 14.3. The van der Waals surface area contributed by atoms with E-state index in [1.165, 1.54) is 6.42 Å². The van der Waals surface area contributed by atoms with Crippen LogP contribution in [-0.2, 0) is 4.74 Å². The van der Waals surface area contributed by atoms with Crippen molar-refractivity contribution in [3.05, 3.63) is 0 Å². The van der Waals surface area contributed by atoms with Crippen LogP contribution in [0.3, 0.4) is 0 Å². The number of rotatable bonds is 4. The lowest BCUT2D eigenvalue weighted by Crippen LogP contribution is -2.35. The average Bonchev–Trinajstić information content (AvgIpc) is 2.22. The second kappa shape index (κ2) is 5.71. The summed E-state index contributed by atoms with van der Waals surface area (Å²) in [6, 6.07) is 0. The molecule has 3 unspecified atom stereocenters. The van der Waals surface area contributed by atoms with Gasteiger partial charge in [0.15, 0.2) is 0 Å². The summed E-state index contributed by atoms with van der Waals surface area (Å²) in [4.78, 5) is 0. The van der Waals surface area contributed by atoms with E-state index in [-0.39, 0.29) is 11.8 Å². The lowest BCUT2D eigenvalue weighted by Gasteiger charge is -2.39. The molecule has 0 bridgehead atoms. The van der Waals surface area contributed by atoms with E-state index >= 15 is 0 Å². The van der Waals surface area contributed by atoms with Crippen molar-refractivity contribution in [2.45, 2.75) is 53.1 Å². The summed E-state index contributed by atoms with van der Waals surface area (Å²) >= 11 is 0. The predicted molar refractivity (Wildman–Crippen MR) is 69.1 cm³/mol. The molecule has 0 heterocycles.